The number of hydrogen-bond acceptors (Lipinski definition) is 5. The molecule has 2 rings (SSSR count). The summed E-state index contributed by atoms with van der Waals surface area (Å²) in [7, 11) is 0. The molecule has 2 N–H and O–H groups in total. The van der Waals surface area contributed by atoms with Crippen LogP contribution in [0.3, 0.4) is 0 Å². The van der Waals surface area contributed by atoms with Gasteiger partial charge in [0.05, 0.1) is 0 Å². The Morgan fingerprint density at radius 3 is 2.70 bits per heavy atom. The topological polar surface area (TPSA) is 96.4 Å². The zero-order valence-corrected chi connectivity index (χ0v) is 14.5. The molecule has 0 radical (unpaired) electrons. The van der Waals surface area contributed by atoms with Crippen LogP contribution >= 0.6 is 44.7 Å². The fourth-order valence-electron chi connectivity index (χ4n) is 1.54. The summed E-state index contributed by atoms with van der Waals surface area (Å²) in [5, 5.41) is 8.68. The second-order valence-electron chi connectivity index (χ2n) is 3.51. The minimum atomic E-state index is -0.595. The summed E-state index contributed by atoms with van der Waals surface area (Å²) < 4.78 is 1.96. The van der Waals surface area contributed by atoms with Crippen molar-refractivity contribution in [2.75, 3.05) is 6.26 Å². The standard InChI is InChI=1S/C10H10BrN5O2S.BrH/c1-3-4-16-7(14-15-10(16)19-2)6-5(11)8(17)13-9(18)12-6;/h3H,1,4H2,2H3,(H2,12,13,17,18);1H. The average molecular weight is 425 g/mol. The molecule has 0 aliphatic carbocycles. The highest BCUT2D eigenvalue weighted by molar-refractivity contribution is 9.10. The van der Waals surface area contributed by atoms with E-state index in [0.29, 0.717) is 23.2 Å². The number of hydrogen-bond donors (Lipinski definition) is 2. The van der Waals surface area contributed by atoms with E-state index in [1.807, 2.05) is 6.26 Å². The highest BCUT2D eigenvalue weighted by Crippen LogP contribution is 2.24. The number of aromatic amines is 2. The minimum absolute atomic E-state index is 0. The van der Waals surface area contributed by atoms with Gasteiger partial charge in [0.2, 0.25) is 0 Å². The molecular weight excluding hydrogens is 414 g/mol. The number of aromatic nitrogens is 5. The van der Waals surface area contributed by atoms with Gasteiger partial charge in [0.15, 0.2) is 11.0 Å². The van der Waals surface area contributed by atoms with Crippen LogP contribution in [0.15, 0.2) is 31.9 Å². The van der Waals surface area contributed by atoms with Crippen LogP contribution in [-0.4, -0.2) is 31.0 Å². The van der Waals surface area contributed by atoms with Crippen molar-refractivity contribution < 1.29 is 0 Å². The van der Waals surface area contributed by atoms with Gasteiger partial charge in [0.1, 0.15) is 10.2 Å². The molecule has 0 amide bonds. The molecule has 7 nitrogen and oxygen atoms in total. The first-order valence-electron chi connectivity index (χ1n) is 5.19. The first-order chi connectivity index (χ1) is 9.08. The fourth-order valence-corrected chi connectivity index (χ4v) is 2.42. The molecule has 10 heteroatoms. The van der Waals surface area contributed by atoms with E-state index < -0.39 is 11.2 Å². The quantitative estimate of drug-likeness (QED) is 0.573. The largest absolute Gasteiger partial charge is 0.326 e. The number of H-pyrrole nitrogens is 2. The molecule has 0 saturated heterocycles. The van der Waals surface area contributed by atoms with Crippen molar-refractivity contribution >= 4 is 44.7 Å². The summed E-state index contributed by atoms with van der Waals surface area (Å²) in [4.78, 5) is 27.6. The van der Waals surface area contributed by atoms with Gasteiger partial charge >= 0.3 is 5.69 Å². The maximum atomic E-state index is 11.6. The number of nitrogens with one attached hydrogen (secondary N) is 2. The third kappa shape index (κ3) is 3.13. The Kier molecular flexibility index (Phi) is 5.96. The van der Waals surface area contributed by atoms with Crippen molar-refractivity contribution in [3.63, 3.8) is 0 Å². The predicted octanol–water partition coefficient (Wildman–Crippen LogP) is 1.57. The van der Waals surface area contributed by atoms with Crippen LogP contribution in [0.1, 0.15) is 0 Å². The van der Waals surface area contributed by atoms with Gasteiger partial charge < -0.3 is 4.98 Å². The molecule has 0 aliphatic rings. The smallest absolute Gasteiger partial charge is 0.303 e. The molecule has 0 unspecified atom stereocenters. The van der Waals surface area contributed by atoms with E-state index in [2.05, 4.69) is 42.7 Å². The molecule has 0 aliphatic heterocycles. The molecule has 2 aromatic heterocycles. The van der Waals surface area contributed by atoms with Gasteiger partial charge in [0.25, 0.3) is 5.56 Å². The predicted molar refractivity (Wildman–Crippen MR) is 86.7 cm³/mol. The maximum Gasteiger partial charge on any atom is 0.326 e. The molecule has 0 saturated carbocycles. The lowest BCUT2D eigenvalue weighted by Crippen LogP contribution is -2.24. The van der Waals surface area contributed by atoms with Gasteiger partial charge in [-0.2, -0.15) is 0 Å². The molecule has 0 atom stereocenters. The Labute approximate surface area is 136 Å². The highest BCUT2D eigenvalue weighted by atomic mass is 79.9. The zero-order valence-electron chi connectivity index (χ0n) is 10.3. The summed E-state index contributed by atoms with van der Waals surface area (Å²) >= 11 is 4.55. The first kappa shape index (κ1) is 16.9. The normalized spacial score (nSPS) is 10.1. The number of thioether (sulfide) groups is 1. The molecule has 2 aromatic rings. The van der Waals surface area contributed by atoms with Crippen LogP contribution in [0.2, 0.25) is 0 Å². The highest BCUT2D eigenvalue weighted by Gasteiger charge is 2.17. The average Bonchev–Trinajstić information content (AvgIpc) is 2.77. The second kappa shape index (κ2) is 7.04. The maximum absolute atomic E-state index is 11.6. The molecule has 20 heavy (non-hydrogen) atoms. The third-order valence-corrected chi connectivity index (χ3v) is 3.74. The lowest BCUT2D eigenvalue weighted by Gasteiger charge is -2.06. The van der Waals surface area contributed by atoms with Crippen LogP contribution < -0.4 is 11.2 Å². The lowest BCUT2D eigenvalue weighted by atomic mass is 10.3. The lowest BCUT2D eigenvalue weighted by molar-refractivity contribution is 0.729. The van der Waals surface area contributed by atoms with E-state index >= 15 is 0 Å². The van der Waals surface area contributed by atoms with E-state index in [9.17, 15) is 9.59 Å². The third-order valence-electron chi connectivity index (χ3n) is 2.32. The van der Waals surface area contributed by atoms with E-state index in [4.69, 9.17) is 0 Å². The fraction of sp³-hybridized carbons (Fsp3) is 0.200. The van der Waals surface area contributed by atoms with Crippen molar-refractivity contribution in [2.45, 2.75) is 11.7 Å². The molecular formula is C10H11Br2N5O2S. The van der Waals surface area contributed by atoms with E-state index in [-0.39, 0.29) is 21.5 Å². The Morgan fingerprint density at radius 2 is 2.10 bits per heavy atom. The van der Waals surface area contributed by atoms with Gasteiger partial charge in [-0.15, -0.1) is 33.8 Å². The molecule has 0 spiro atoms. The summed E-state index contributed by atoms with van der Waals surface area (Å²) in [5.41, 5.74) is -0.817. The summed E-state index contributed by atoms with van der Waals surface area (Å²) in [6, 6.07) is 0. The van der Waals surface area contributed by atoms with Crippen LogP contribution in [0.4, 0.5) is 0 Å². The SMILES string of the molecule is Br.C=CCn1c(SC)nnc1-c1[nH]c(=O)[nH]c(=O)c1Br. The minimum Gasteiger partial charge on any atom is -0.303 e. The Hall–Kier alpha value is -1.13. The number of nitrogens with zero attached hydrogens (tertiary/aromatic N) is 3. The van der Waals surface area contributed by atoms with Crippen molar-refractivity contribution in [1.82, 2.24) is 24.7 Å². The molecule has 2 heterocycles. The molecule has 0 bridgehead atoms. The van der Waals surface area contributed by atoms with Crippen molar-refractivity contribution in [3.05, 3.63) is 38.0 Å². The monoisotopic (exact) mass is 423 g/mol. The summed E-state index contributed by atoms with van der Waals surface area (Å²) in [6.07, 6.45) is 3.55. The van der Waals surface area contributed by atoms with Crippen LogP contribution in [0.25, 0.3) is 11.5 Å². The van der Waals surface area contributed by atoms with Gasteiger partial charge in [-0.3, -0.25) is 14.3 Å². The molecule has 0 fully saturated rings. The Morgan fingerprint density at radius 1 is 1.40 bits per heavy atom. The Balaban J connectivity index is 0.00000200. The molecule has 108 valence electrons. The van der Waals surface area contributed by atoms with Gasteiger partial charge in [-0.25, -0.2) is 4.79 Å². The number of allylic oxidation sites excluding steroid dienone is 1. The van der Waals surface area contributed by atoms with Crippen molar-refractivity contribution in [2.24, 2.45) is 0 Å². The van der Waals surface area contributed by atoms with E-state index in [0.717, 1.165) is 0 Å². The van der Waals surface area contributed by atoms with Crippen molar-refractivity contribution in [3.8, 4) is 11.5 Å². The number of rotatable bonds is 4. The summed E-state index contributed by atoms with van der Waals surface area (Å²) in [6.45, 7) is 4.14. The van der Waals surface area contributed by atoms with Crippen LogP contribution in [-0.2, 0) is 6.54 Å². The van der Waals surface area contributed by atoms with Crippen molar-refractivity contribution in [1.29, 1.82) is 0 Å². The second-order valence-corrected chi connectivity index (χ2v) is 5.07. The van der Waals surface area contributed by atoms with Gasteiger partial charge in [-0.05, 0) is 22.2 Å². The van der Waals surface area contributed by atoms with Gasteiger partial charge in [0, 0.05) is 6.54 Å². The van der Waals surface area contributed by atoms with E-state index in [1.165, 1.54) is 11.8 Å². The summed E-state index contributed by atoms with van der Waals surface area (Å²) in [5.74, 6) is 0.402. The van der Waals surface area contributed by atoms with Crippen LogP contribution in [0, 0.1) is 0 Å². The van der Waals surface area contributed by atoms with E-state index in [1.54, 1.807) is 10.6 Å². The van der Waals surface area contributed by atoms with Gasteiger partial charge in [-0.1, -0.05) is 17.8 Å². The molecule has 0 aromatic carbocycles. The number of halogens is 2. The van der Waals surface area contributed by atoms with Crippen LogP contribution in [0.5, 0.6) is 0 Å². The Bertz CT molecular complexity index is 736. The zero-order chi connectivity index (χ0) is 14.0. The first-order valence-corrected chi connectivity index (χ1v) is 7.20.